The van der Waals surface area contributed by atoms with E-state index in [2.05, 4.69) is 0 Å². The van der Waals surface area contributed by atoms with Crippen LogP contribution < -0.4 is 4.74 Å². The van der Waals surface area contributed by atoms with E-state index >= 15 is 0 Å². The Morgan fingerprint density at radius 2 is 1.95 bits per heavy atom. The Bertz CT molecular complexity index is 611. The molecule has 0 bridgehead atoms. The predicted octanol–water partition coefficient (Wildman–Crippen LogP) is 4.27. The second-order valence-electron chi connectivity index (χ2n) is 3.87. The van der Waals surface area contributed by atoms with Gasteiger partial charge in [-0.15, -0.1) is 0 Å². The molecule has 98 valence electrons. The Kier molecular flexibility index (Phi) is 4.30. The molecule has 2 aromatic carbocycles. The summed E-state index contributed by atoms with van der Waals surface area (Å²) in [7, 11) is 0. The van der Waals surface area contributed by atoms with Gasteiger partial charge >= 0.3 is 5.97 Å². The van der Waals surface area contributed by atoms with Crippen LogP contribution in [0, 0.1) is 0 Å². The largest absolute Gasteiger partial charge is 0.487 e. The first kappa shape index (κ1) is 13.7. The molecule has 0 aliphatic rings. The van der Waals surface area contributed by atoms with Gasteiger partial charge in [-0.1, -0.05) is 35.3 Å². The molecule has 0 spiro atoms. The first-order valence-electron chi connectivity index (χ1n) is 5.46. The first-order chi connectivity index (χ1) is 9.06. The number of benzene rings is 2. The summed E-state index contributed by atoms with van der Waals surface area (Å²) in [5.41, 5.74) is 0.967. The van der Waals surface area contributed by atoms with E-state index in [0.717, 1.165) is 5.56 Å². The molecule has 0 aliphatic heterocycles. The lowest BCUT2D eigenvalue weighted by molar-refractivity contribution is 0.0696. The highest BCUT2D eigenvalue weighted by atomic mass is 35.5. The highest BCUT2D eigenvalue weighted by Gasteiger charge is 2.06. The van der Waals surface area contributed by atoms with Crippen LogP contribution >= 0.6 is 23.2 Å². The third kappa shape index (κ3) is 3.63. The minimum Gasteiger partial charge on any atom is -0.487 e. The first-order valence-corrected chi connectivity index (χ1v) is 6.22. The number of carboxylic acids is 1. The summed E-state index contributed by atoms with van der Waals surface area (Å²) in [5.74, 6) is -0.502. The molecule has 0 amide bonds. The normalized spacial score (nSPS) is 10.2. The number of aromatic carboxylic acids is 1. The fourth-order valence-electron chi connectivity index (χ4n) is 1.54. The van der Waals surface area contributed by atoms with E-state index in [0.29, 0.717) is 15.8 Å². The third-order valence-corrected chi connectivity index (χ3v) is 3.01. The quantitative estimate of drug-likeness (QED) is 0.916. The summed E-state index contributed by atoms with van der Waals surface area (Å²) < 4.78 is 5.53. The van der Waals surface area contributed by atoms with Crippen molar-refractivity contribution in [3.8, 4) is 5.75 Å². The van der Waals surface area contributed by atoms with Gasteiger partial charge in [-0.3, -0.25) is 0 Å². The van der Waals surface area contributed by atoms with Crippen LogP contribution in [0.5, 0.6) is 5.75 Å². The van der Waals surface area contributed by atoms with E-state index in [-0.39, 0.29) is 12.2 Å². The number of rotatable bonds is 4. The summed E-state index contributed by atoms with van der Waals surface area (Å²) in [6, 6.07) is 11.5. The summed E-state index contributed by atoms with van der Waals surface area (Å²) in [5, 5.41) is 9.88. The topological polar surface area (TPSA) is 46.5 Å². The van der Waals surface area contributed by atoms with Crippen molar-refractivity contribution in [1.82, 2.24) is 0 Å². The summed E-state index contributed by atoms with van der Waals surface area (Å²) in [4.78, 5) is 10.8. The molecule has 5 heteroatoms. The van der Waals surface area contributed by atoms with Gasteiger partial charge in [-0.25, -0.2) is 4.79 Å². The standard InChI is InChI=1S/C14H10Cl2O3/c15-11-4-5-12(16)13(7-11)19-8-9-2-1-3-10(6-9)14(17)18/h1-7H,8H2,(H,17,18). The van der Waals surface area contributed by atoms with Crippen molar-refractivity contribution in [1.29, 1.82) is 0 Å². The fraction of sp³-hybridized carbons (Fsp3) is 0.0714. The Morgan fingerprint density at radius 1 is 1.16 bits per heavy atom. The highest BCUT2D eigenvalue weighted by molar-refractivity contribution is 6.34. The number of hydrogen-bond acceptors (Lipinski definition) is 2. The minimum atomic E-state index is -0.970. The van der Waals surface area contributed by atoms with Crippen molar-refractivity contribution in [2.45, 2.75) is 6.61 Å². The Labute approximate surface area is 120 Å². The van der Waals surface area contributed by atoms with Gasteiger partial charge in [0.2, 0.25) is 0 Å². The van der Waals surface area contributed by atoms with Crippen molar-refractivity contribution < 1.29 is 14.6 Å². The lowest BCUT2D eigenvalue weighted by atomic mass is 10.1. The van der Waals surface area contributed by atoms with E-state index in [1.807, 2.05) is 0 Å². The van der Waals surface area contributed by atoms with Crippen LogP contribution in [0.3, 0.4) is 0 Å². The van der Waals surface area contributed by atoms with Gasteiger partial charge in [0.05, 0.1) is 10.6 Å². The van der Waals surface area contributed by atoms with Gasteiger partial charge in [0.15, 0.2) is 0 Å². The molecule has 0 aromatic heterocycles. The number of carboxylic acid groups (broad SMARTS) is 1. The van der Waals surface area contributed by atoms with Gasteiger partial charge in [-0.2, -0.15) is 0 Å². The fourth-order valence-corrected chi connectivity index (χ4v) is 1.88. The van der Waals surface area contributed by atoms with Crippen LogP contribution in [-0.2, 0) is 6.61 Å². The molecule has 2 aromatic rings. The molecular formula is C14H10Cl2O3. The van der Waals surface area contributed by atoms with Crippen LogP contribution in [-0.4, -0.2) is 11.1 Å². The van der Waals surface area contributed by atoms with Crippen molar-refractivity contribution in [2.75, 3.05) is 0 Å². The average molecular weight is 297 g/mol. The molecule has 0 saturated carbocycles. The Hall–Kier alpha value is -1.71. The monoisotopic (exact) mass is 296 g/mol. The SMILES string of the molecule is O=C(O)c1cccc(COc2cc(Cl)ccc2Cl)c1. The molecule has 0 atom stereocenters. The van der Waals surface area contributed by atoms with Crippen molar-refractivity contribution in [3.63, 3.8) is 0 Å². The predicted molar refractivity (Wildman–Crippen MR) is 74.2 cm³/mol. The smallest absolute Gasteiger partial charge is 0.335 e. The van der Waals surface area contributed by atoms with Crippen molar-refractivity contribution >= 4 is 29.2 Å². The third-order valence-electron chi connectivity index (χ3n) is 2.46. The molecule has 0 saturated heterocycles. The number of carbonyl (C=O) groups is 1. The molecule has 0 heterocycles. The Balaban J connectivity index is 2.12. The zero-order valence-corrected chi connectivity index (χ0v) is 11.3. The van der Waals surface area contributed by atoms with Gasteiger partial charge in [0.25, 0.3) is 0 Å². The van der Waals surface area contributed by atoms with Gasteiger partial charge in [0, 0.05) is 11.1 Å². The van der Waals surface area contributed by atoms with Crippen LogP contribution in [0.4, 0.5) is 0 Å². The lowest BCUT2D eigenvalue weighted by Gasteiger charge is -2.09. The van der Waals surface area contributed by atoms with Gasteiger partial charge in [0.1, 0.15) is 12.4 Å². The average Bonchev–Trinajstić information content (AvgIpc) is 2.40. The summed E-state index contributed by atoms with van der Waals surface area (Å²) in [6.07, 6.45) is 0. The molecule has 2 rings (SSSR count). The molecule has 0 unspecified atom stereocenters. The molecule has 1 N–H and O–H groups in total. The van der Waals surface area contributed by atoms with Crippen LogP contribution in [0.1, 0.15) is 15.9 Å². The number of halogens is 2. The second-order valence-corrected chi connectivity index (χ2v) is 4.71. The van der Waals surface area contributed by atoms with E-state index in [4.69, 9.17) is 33.0 Å². The number of hydrogen-bond donors (Lipinski definition) is 1. The van der Waals surface area contributed by atoms with E-state index < -0.39 is 5.97 Å². The summed E-state index contributed by atoms with van der Waals surface area (Å²) >= 11 is 11.8. The van der Waals surface area contributed by atoms with Gasteiger partial charge in [-0.05, 0) is 29.8 Å². The maximum atomic E-state index is 10.8. The Morgan fingerprint density at radius 3 is 2.68 bits per heavy atom. The molecule has 0 aliphatic carbocycles. The van der Waals surface area contributed by atoms with Gasteiger partial charge < -0.3 is 9.84 Å². The van der Waals surface area contributed by atoms with Crippen molar-refractivity contribution in [2.24, 2.45) is 0 Å². The van der Waals surface area contributed by atoms with Crippen LogP contribution in [0.15, 0.2) is 42.5 Å². The number of ether oxygens (including phenoxy) is 1. The lowest BCUT2D eigenvalue weighted by Crippen LogP contribution is -2.00. The van der Waals surface area contributed by atoms with Crippen LogP contribution in [0.25, 0.3) is 0 Å². The molecule has 3 nitrogen and oxygen atoms in total. The maximum Gasteiger partial charge on any atom is 0.335 e. The van der Waals surface area contributed by atoms with Crippen LogP contribution in [0.2, 0.25) is 10.0 Å². The maximum absolute atomic E-state index is 10.8. The molecule has 0 radical (unpaired) electrons. The van der Waals surface area contributed by atoms with E-state index in [1.54, 1.807) is 36.4 Å². The molecule has 19 heavy (non-hydrogen) atoms. The van der Waals surface area contributed by atoms with Crippen molar-refractivity contribution in [3.05, 3.63) is 63.6 Å². The van der Waals surface area contributed by atoms with E-state index in [1.165, 1.54) is 6.07 Å². The molecular weight excluding hydrogens is 287 g/mol. The zero-order valence-electron chi connectivity index (χ0n) is 9.77. The highest BCUT2D eigenvalue weighted by Crippen LogP contribution is 2.28. The second kappa shape index (κ2) is 5.95. The summed E-state index contributed by atoms with van der Waals surface area (Å²) in [6.45, 7) is 0.223. The zero-order chi connectivity index (χ0) is 13.8. The molecule has 0 fully saturated rings. The minimum absolute atomic E-state index is 0.221. The van der Waals surface area contributed by atoms with E-state index in [9.17, 15) is 4.79 Å².